The minimum atomic E-state index is -0.702. The van der Waals surface area contributed by atoms with Gasteiger partial charge in [0.05, 0.1) is 12.7 Å². The standard InChI is InChI=1S/C13H17N5O4/c1-13(2)21-8-6(3-14)20-12(9(8)22-13)18-5-17-7-10(18)15-4-16-11(7)19/h4-6,8-9,12H,3,14H2,1-2H3,(H,15,16,19)/t6-,8-,9-,12-/m1/s1. The SMILES string of the molecule is CC1(C)O[C@@H]2[C@H](O1)[C@@H](CN)O[C@H]2n1cnc2c(=O)[nH]cnc21. The van der Waals surface area contributed by atoms with Crippen molar-refractivity contribution in [1.29, 1.82) is 0 Å². The number of aromatic amines is 1. The number of nitrogens with one attached hydrogen (secondary N) is 1. The van der Waals surface area contributed by atoms with E-state index < -0.39 is 12.0 Å². The molecule has 0 unspecified atom stereocenters. The maximum absolute atomic E-state index is 11.8. The summed E-state index contributed by atoms with van der Waals surface area (Å²) in [5.74, 6) is -0.702. The van der Waals surface area contributed by atoms with Crippen LogP contribution in [0.25, 0.3) is 11.2 Å². The van der Waals surface area contributed by atoms with Gasteiger partial charge < -0.3 is 24.9 Å². The molecular formula is C13H17N5O4. The molecule has 0 aromatic carbocycles. The molecule has 4 heterocycles. The summed E-state index contributed by atoms with van der Waals surface area (Å²) in [6.07, 6.45) is 1.51. The molecule has 0 aliphatic carbocycles. The molecule has 0 radical (unpaired) electrons. The first kappa shape index (κ1) is 13.8. The minimum Gasteiger partial charge on any atom is -0.348 e. The lowest BCUT2D eigenvalue weighted by Gasteiger charge is -2.24. The van der Waals surface area contributed by atoms with Crippen molar-refractivity contribution in [3.05, 3.63) is 23.0 Å². The van der Waals surface area contributed by atoms with Gasteiger partial charge in [-0.2, -0.15) is 0 Å². The molecule has 0 bridgehead atoms. The Morgan fingerprint density at radius 1 is 1.36 bits per heavy atom. The van der Waals surface area contributed by atoms with Gasteiger partial charge in [0.25, 0.3) is 5.56 Å². The van der Waals surface area contributed by atoms with E-state index in [0.29, 0.717) is 12.2 Å². The minimum absolute atomic E-state index is 0.260. The summed E-state index contributed by atoms with van der Waals surface area (Å²) < 4.78 is 19.5. The summed E-state index contributed by atoms with van der Waals surface area (Å²) in [6, 6.07) is 0. The summed E-state index contributed by atoms with van der Waals surface area (Å²) >= 11 is 0. The normalized spacial score (nSPS) is 33.4. The molecule has 22 heavy (non-hydrogen) atoms. The van der Waals surface area contributed by atoms with Gasteiger partial charge in [-0.3, -0.25) is 9.36 Å². The van der Waals surface area contributed by atoms with Crippen LogP contribution in [0.4, 0.5) is 0 Å². The molecule has 0 amide bonds. The lowest BCUT2D eigenvalue weighted by Crippen LogP contribution is -2.34. The number of aromatic nitrogens is 4. The van der Waals surface area contributed by atoms with Gasteiger partial charge in [0.2, 0.25) is 0 Å². The number of ether oxygens (including phenoxy) is 3. The second-order valence-electron chi connectivity index (χ2n) is 5.92. The third kappa shape index (κ3) is 1.90. The Morgan fingerprint density at radius 3 is 2.91 bits per heavy atom. The van der Waals surface area contributed by atoms with Crippen LogP contribution in [0.2, 0.25) is 0 Å². The van der Waals surface area contributed by atoms with Crippen LogP contribution in [0.1, 0.15) is 20.1 Å². The van der Waals surface area contributed by atoms with Crippen molar-refractivity contribution in [3.63, 3.8) is 0 Å². The van der Waals surface area contributed by atoms with Crippen molar-refractivity contribution in [2.75, 3.05) is 6.54 Å². The average Bonchev–Trinajstić information content (AvgIpc) is 3.10. The van der Waals surface area contributed by atoms with E-state index in [1.807, 2.05) is 13.8 Å². The highest BCUT2D eigenvalue weighted by Crippen LogP contribution is 2.43. The molecule has 4 rings (SSSR count). The topological polar surface area (TPSA) is 117 Å². The van der Waals surface area contributed by atoms with E-state index in [1.54, 1.807) is 4.57 Å². The maximum atomic E-state index is 11.8. The first-order valence-corrected chi connectivity index (χ1v) is 7.11. The van der Waals surface area contributed by atoms with E-state index >= 15 is 0 Å². The number of imidazole rings is 1. The van der Waals surface area contributed by atoms with Crippen LogP contribution in [-0.2, 0) is 14.2 Å². The Morgan fingerprint density at radius 2 is 2.14 bits per heavy atom. The lowest BCUT2D eigenvalue weighted by atomic mass is 10.1. The van der Waals surface area contributed by atoms with Crippen molar-refractivity contribution in [2.24, 2.45) is 5.73 Å². The maximum Gasteiger partial charge on any atom is 0.278 e. The van der Waals surface area contributed by atoms with Gasteiger partial charge in [0, 0.05) is 6.54 Å². The molecule has 2 aliphatic heterocycles. The third-order valence-electron chi connectivity index (χ3n) is 4.00. The van der Waals surface area contributed by atoms with E-state index in [2.05, 4.69) is 15.0 Å². The highest BCUT2D eigenvalue weighted by molar-refractivity contribution is 5.68. The summed E-state index contributed by atoms with van der Waals surface area (Å²) in [5, 5.41) is 0. The molecule has 9 nitrogen and oxygen atoms in total. The Labute approximate surface area is 125 Å². The van der Waals surface area contributed by atoms with Crippen molar-refractivity contribution in [2.45, 2.75) is 44.2 Å². The molecule has 2 aromatic rings. The second-order valence-corrected chi connectivity index (χ2v) is 5.92. The Kier molecular flexibility index (Phi) is 2.89. The molecule has 2 fully saturated rings. The zero-order valence-corrected chi connectivity index (χ0v) is 12.2. The van der Waals surface area contributed by atoms with Gasteiger partial charge in [-0.25, -0.2) is 9.97 Å². The largest absolute Gasteiger partial charge is 0.348 e. The molecular weight excluding hydrogens is 290 g/mol. The first-order valence-electron chi connectivity index (χ1n) is 7.11. The van der Waals surface area contributed by atoms with Crippen LogP contribution in [0.5, 0.6) is 0 Å². The predicted molar refractivity (Wildman–Crippen MR) is 74.9 cm³/mol. The summed E-state index contributed by atoms with van der Waals surface area (Å²) in [7, 11) is 0. The quantitative estimate of drug-likeness (QED) is 0.767. The molecule has 0 spiro atoms. The number of fused-ring (bicyclic) bond motifs is 2. The van der Waals surface area contributed by atoms with Crippen LogP contribution < -0.4 is 11.3 Å². The highest BCUT2D eigenvalue weighted by atomic mass is 16.8. The van der Waals surface area contributed by atoms with Gasteiger partial charge in [-0.05, 0) is 13.8 Å². The first-order chi connectivity index (χ1) is 10.5. The summed E-state index contributed by atoms with van der Waals surface area (Å²) in [4.78, 5) is 22.6. The Balaban J connectivity index is 1.78. The fourth-order valence-corrected chi connectivity index (χ4v) is 3.12. The lowest BCUT2D eigenvalue weighted by molar-refractivity contribution is -0.195. The zero-order chi connectivity index (χ0) is 15.5. The van der Waals surface area contributed by atoms with Gasteiger partial charge in [-0.15, -0.1) is 0 Å². The van der Waals surface area contributed by atoms with E-state index in [1.165, 1.54) is 12.7 Å². The van der Waals surface area contributed by atoms with Crippen LogP contribution in [0.15, 0.2) is 17.4 Å². The third-order valence-corrected chi connectivity index (χ3v) is 4.00. The summed E-state index contributed by atoms with van der Waals surface area (Å²) in [6.45, 7) is 4.02. The average molecular weight is 307 g/mol. The number of hydrogen-bond donors (Lipinski definition) is 2. The van der Waals surface area contributed by atoms with E-state index in [-0.39, 0.29) is 29.4 Å². The van der Waals surface area contributed by atoms with Gasteiger partial charge in [0.1, 0.15) is 18.3 Å². The number of nitrogens with two attached hydrogens (primary N) is 1. The van der Waals surface area contributed by atoms with Crippen LogP contribution in [0, 0.1) is 0 Å². The Hall–Kier alpha value is -1.81. The van der Waals surface area contributed by atoms with Crippen molar-refractivity contribution in [3.8, 4) is 0 Å². The molecule has 2 aliphatic rings. The van der Waals surface area contributed by atoms with E-state index in [4.69, 9.17) is 19.9 Å². The molecule has 2 aromatic heterocycles. The zero-order valence-electron chi connectivity index (χ0n) is 12.2. The smallest absolute Gasteiger partial charge is 0.278 e. The van der Waals surface area contributed by atoms with Crippen molar-refractivity contribution >= 4 is 11.2 Å². The molecule has 118 valence electrons. The fourth-order valence-electron chi connectivity index (χ4n) is 3.12. The van der Waals surface area contributed by atoms with Crippen LogP contribution in [0.3, 0.4) is 0 Å². The van der Waals surface area contributed by atoms with Crippen molar-refractivity contribution < 1.29 is 14.2 Å². The van der Waals surface area contributed by atoms with Crippen molar-refractivity contribution in [1.82, 2.24) is 19.5 Å². The predicted octanol–water partition coefficient (Wildman–Crippen LogP) is -0.504. The highest BCUT2D eigenvalue weighted by Gasteiger charge is 2.55. The Bertz CT molecular complexity index is 769. The molecule has 3 N–H and O–H groups in total. The van der Waals surface area contributed by atoms with Gasteiger partial charge >= 0.3 is 0 Å². The molecule has 2 saturated heterocycles. The van der Waals surface area contributed by atoms with Crippen LogP contribution in [-0.4, -0.2) is 50.2 Å². The number of nitrogens with zero attached hydrogens (tertiary/aromatic N) is 3. The van der Waals surface area contributed by atoms with Crippen LogP contribution >= 0.6 is 0 Å². The summed E-state index contributed by atoms with van der Waals surface area (Å²) in [5.41, 5.74) is 6.18. The molecule has 9 heteroatoms. The number of H-pyrrole nitrogens is 1. The van der Waals surface area contributed by atoms with E-state index in [0.717, 1.165) is 0 Å². The fraction of sp³-hybridized carbons (Fsp3) is 0.615. The number of hydrogen-bond acceptors (Lipinski definition) is 7. The molecule has 4 atom stereocenters. The van der Waals surface area contributed by atoms with Gasteiger partial charge in [0.15, 0.2) is 23.2 Å². The molecule has 0 saturated carbocycles. The van der Waals surface area contributed by atoms with E-state index in [9.17, 15) is 4.79 Å². The van der Waals surface area contributed by atoms with Gasteiger partial charge in [-0.1, -0.05) is 0 Å². The monoisotopic (exact) mass is 307 g/mol. The number of rotatable bonds is 2. The second kappa shape index (κ2) is 4.59.